The van der Waals surface area contributed by atoms with E-state index in [-0.39, 0.29) is 6.61 Å². The molecular weight excluding hydrogens is 492 g/mol. The molecule has 4 aromatic carbocycles. The molecule has 208 valence electrons. The summed E-state index contributed by atoms with van der Waals surface area (Å²) >= 11 is 0. The highest BCUT2D eigenvalue weighted by molar-refractivity contribution is 5.71. The highest BCUT2D eigenvalue weighted by Gasteiger charge is 2.18. The molecule has 1 atom stereocenters. The third kappa shape index (κ3) is 8.90. The van der Waals surface area contributed by atoms with Crippen molar-refractivity contribution in [1.82, 2.24) is 4.90 Å². The van der Waals surface area contributed by atoms with Gasteiger partial charge in [-0.15, -0.1) is 0 Å². The second kappa shape index (κ2) is 15.2. The van der Waals surface area contributed by atoms with Crippen LogP contribution in [-0.4, -0.2) is 42.0 Å². The Bertz CT molecular complexity index is 1370. The van der Waals surface area contributed by atoms with Crippen LogP contribution in [0.2, 0.25) is 0 Å². The minimum Gasteiger partial charge on any atom is -0.491 e. The van der Waals surface area contributed by atoms with Gasteiger partial charge < -0.3 is 9.84 Å². The van der Waals surface area contributed by atoms with E-state index in [4.69, 9.17) is 4.74 Å². The molecule has 0 radical (unpaired) electrons. The second-order valence-electron chi connectivity index (χ2n) is 10.5. The van der Waals surface area contributed by atoms with Gasteiger partial charge in [0.05, 0.1) is 5.69 Å². The number of ether oxygens (including phenoxy) is 1. The van der Waals surface area contributed by atoms with Crippen LogP contribution >= 0.6 is 0 Å². The largest absolute Gasteiger partial charge is 0.491 e. The number of aliphatic hydroxyl groups is 1. The quantitative estimate of drug-likeness (QED) is 0.222. The number of hydrogen-bond donors (Lipinski definition) is 1. The molecule has 4 aromatic rings. The lowest BCUT2D eigenvalue weighted by Gasteiger charge is -2.30. The van der Waals surface area contributed by atoms with Crippen LogP contribution in [0.5, 0.6) is 5.75 Å². The highest BCUT2D eigenvalue weighted by Crippen LogP contribution is 2.29. The molecule has 1 heterocycles. The smallest absolute Gasteiger partial charge is 0.120 e. The molecule has 1 N–H and O–H groups in total. The van der Waals surface area contributed by atoms with E-state index in [2.05, 4.69) is 91.3 Å². The summed E-state index contributed by atoms with van der Waals surface area (Å²) in [5.41, 5.74) is 8.52. The lowest BCUT2D eigenvalue weighted by Crippen LogP contribution is -2.38. The molecule has 5 rings (SSSR count). The van der Waals surface area contributed by atoms with Gasteiger partial charge >= 0.3 is 0 Å². The monoisotopic (exact) mass is 534 g/mol. The first-order valence-electron chi connectivity index (χ1n) is 14.4. The van der Waals surface area contributed by atoms with Crippen LogP contribution in [0.1, 0.15) is 42.0 Å². The number of benzene rings is 4. The summed E-state index contributed by atoms with van der Waals surface area (Å²) < 4.78 is 5.96. The van der Waals surface area contributed by atoms with E-state index < -0.39 is 6.10 Å². The van der Waals surface area contributed by atoms with Gasteiger partial charge in [0, 0.05) is 25.8 Å². The lowest BCUT2D eigenvalue weighted by molar-refractivity contribution is 0.0638. The first-order chi connectivity index (χ1) is 19.5. The molecular formula is C36H42N2O2. The number of rotatable bonds is 9. The average Bonchev–Trinajstić information content (AvgIpc) is 2.98. The Morgan fingerprint density at radius 2 is 1.62 bits per heavy atom. The molecule has 4 heteroatoms. The van der Waals surface area contributed by atoms with Crippen LogP contribution in [0.3, 0.4) is 0 Å². The molecule has 4 nitrogen and oxygen atoms in total. The molecule has 0 spiro atoms. The molecule has 0 saturated heterocycles. The lowest BCUT2D eigenvalue weighted by atomic mass is 10.00. The predicted molar refractivity (Wildman–Crippen MR) is 168 cm³/mol. The van der Waals surface area contributed by atoms with Crippen molar-refractivity contribution in [1.29, 1.82) is 0 Å². The number of β-amino-alcohol motifs (C(OH)–C–C–N with tert-alkyl or cyclic N) is 1. The molecule has 40 heavy (non-hydrogen) atoms. The number of aryl methyl sites for hydroxylation is 2. The summed E-state index contributed by atoms with van der Waals surface area (Å²) in [6.45, 7) is 9.10. The Morgan fingerprint density at radius 1 is 0.875 bits per heavy atom. The molecule has 0 saturated carbocycles. The zero-order valence-electron chi connectivity index (χ0n) is 24.1. The van der Waals surface area contributed by atoms with Crippen molar-refractivity contribution in [3.8, 4) is 16.9 Å². The fraction of sp³-hybridized carbons (Fsp3) is 0.306. The van der Waals surface area contributed by atoms with Crippen LogP contribution in [-0.2, 0) is 13.0 Å². The molecule has 0 aromatic heterocycles. The van der Waals surface area contributed by atoms with Gasteiger partial charge in [-0.25, -0.2) is 0 Å². The van der Waals surface area contributed by atoms with Gasteiger partial charge in [0.25, 0.3) is 0 Å². The summed E-state index contributed by atoms with van der Waals surface area (Å²) in [5, 5.41) is 10.6. The van der Waals surface area contributed by atoms with Gasteiger partial charge in [0.1, 0.15) is 18.5 Å². The van der Waals surface area contributed by atoms with Crippen molar-refractivity contribution in [2.24, 2.45) is 4.99 Å². The van der Waals surface area contributed by atoms with Crippen molar-refractivity contribution in [2.75, 3.05) is 19.7 Å². The Balaban J connectivity index is 0.000000461. The van der Waals surface area contributed by atoms with Crippen molar-refractivity contribution < 1.29 is 9.84 Å². The van der Waals surface area contributed by atoms with Crippen LogP contribution in [0.4, 0.5) is 5.69 Å². The minimum absolute atomic E-state index is 0.283. The van der Waals surface area contributed by atoms with E-state index in [1.165, 1.54) is 16.7 Å². The zero-order valence-corrected chi connectivity index (χ0v) is 24.1. The Labute approximate surface area is 240 Å². The maximum Gasteiger partial charge on any atom is 0.120 e. The molecule has 0 bridgehead atoms. The number of unbranched alkanes of at least 4 members (excludes halogenated alkanes) is 1. The van der Waals surface area contributed by atoms with E-state index in [9.17, 15) is 5.11 Å². The summed E-state index contributed by atoms with van der Waals surface area (Å²) in [7, 11) is 0. The predicted octanol–water partition coefficient (Wildman–Crippen LogP) is 7.96. The SMILES string of the molecule is CCCC=Nc1ccc(-c2cccc(OCC(O)CN3CCc4ccccc4C3)c2)cc1C.Cc1ccccc1. The number of fused-ring (bicyclic) bond motifs is 1. The minimum atomic E-state index is -0.526. The maximum atomic E-state index is 10.6. The second-order valence-corrected chi connectivity index (χ2v) is 10.5. The first kappa shape index (κ1) is 29.3. The van der Waals surface area contributed by atoms with Crippen LogP contribution < -0.4 is 4.74 Å². The average molecular weight is 535 g/mol. The number of nitrogens with zero attached hydrogens (tertiary/aromatic N) is 2. The Hall–Kier alpha value is -3.73. The van der Waals surface area contributed by atoms with Crippen molar-refractivity contribution in [3.05, 3.63) is 119 Å². The number of aliphatic hydroxyl groups excluding tert-OH is 1. The summed E-state index contributed by atoms with van der Waals surface area (Å²) in [4.78, 5) is 6.88. The molecule has 1 aliphatic rings. The normalized spacial score (nSPS) is 13.8. The molecule has 0 amide bonds. The molecule has 1 aliphatic heterocycles. The molecule has 1 unspecified atom stereocenters. The first-order valence-corrected chi connectivity index (χ1v) is 14.4. The zero-order chi connectivity index (χ0) is 28.2. The van der Waals surface area contributed by atoms with Crippen LogP contribution in [0.25, 0.3) is 11.1 Å². The topological polar surface area (TPSA) is 45.1 Å². The van der Waals surface area contributed by atoms with Crippen LogP contribution in [0, 0.1) is 13.8 Å². The highest BCUT2D eigenvalue weighted by atomic mass is 16.5. The van der Waals surface area contributed by atoms with E-state index >= 15 is 0 Å². The third-order valence-electron chi connectivity index (χ3n) is 7.07. The van der Waals surface area contributed by atoms with E-state index in [1.807, 2.05) is 42.6 Å². The van der Waals surface area contributed by atoms with Crippen molar-refractivity contribution >= 4 is 11.9 Å². The third-order valence-corrected chi connectivity index (χ3v) is 7.07. The van der Waals surface area contributed by atoms with Crippen molar-refractivity contribution in [2.45, 2.75) is 52.7 Å². The van der Waals surface area contributed by atoms with Gasteiger partial charge in [-0.3, -0.25) is 9.89 Å². The Kier molecular flexibility index (Phi) is 11.1. The van der Waals surface area contributed by atoms with Gasteiger partial charge in [-0.1, -0.05) is 91.7 Å². The Morgan fingerprint density at radius 3 is 2.35 bits per heavy atom. The van der Waals surface area contributed by atoms with Gasteiger partial charge in [-0.2, -0.15) is 0 Å². The number of aliphatic imine (C=N–C) groups is 1. The van der Waals surface area contributed by atoms with Gasteiger partial charge in [0.2, 0.25) is 0 Å². The van der Waals surface area contributed by atoms with Crippen molar-refractivity contribution in [3.63, 3.8) is 0 Å². The molecule has 0 aliphatic carbocycles. The summed E-state index contributed by atoms with van der Waals surface area (Å²) in [6.07, 6.45) is 4.60. The van der Waals surface area contributed by atoms with Crippen LogP contribution in [0.15, 0.2) is 102 Å². The van der Waals surface area contributed by atoms with Gasteiger partial charge in [-0.05, 0) is 78.8 Å². The van der Waals surface area contributed by atoms with E-state index in [1.54, 1.807) is 0 Å². The summed E-state index contributed by atoms with van der Waals surface area (Å²) in [6, 6.07) is 33.3. The maximum absolute atomic E-state index is 10.6. The standard InChI is InChI=1S/C29H34N2O2.C7H8/c1-3-4-15-30-29-13-12-25(17-22(29)2)24-10-7-11-28(18-24)33-21-27(32)20-31-16-14-23-8-5-6-9-26(23)19-31;1-7-5-3-2-4-6-7/h5-13,15,17-18,27,32H,3-4,14,16,19-21H2,1-2H3;2-6H,1H3. The van der Waals surface area contributed by atoms with E-state index in [0.717, 1.165) is 60.5 Å². The van der Waals surface area contributed by atoms with E-state index in [0.29, 0.717) is 6.54 Å². The number of hydrogen-bond acceptors (Lipinski definition) is 4. The fourth-order valence-electron chi connectivity index (χ4n) is 4.82. The molecule has 0 fully saturated rings. The fourth-order valence-corrected chi connectivity index (χ4v) is 4.82. The summed E-state index contributed by atoms with van der Waals surface area (Å²) in [5.74, 6) is 0.776. The van der Waals surface area contributed by atoms with Gasteiger partial charge in [0.15, 0.2) is 0 Å².